The Kier molecular flexibility index (Phi) is 4.12. The van der Waals surface area contributed by atoms with Gasteiger partial charge >= 0.3 is 0 Å². The van der Waals surface area contributed by atoms with Gasteiger partial charge in [-0.3, -0.25) is 0 Å². The minimum absolute atomic E-state index is 0.509. The fourth-order valence-corrected chi connectivity index (χ4v) is 2.91. The summed E-state index contributed by atoms with van der Waals surface area (Å²) in [5.41, 5.74) is 2.37. The molecule has 0 radical (unpaired) electrons. The molecule has 0 atom stereocenters. The van der Waals surface area contributed by atoms with Crippen molar-refractivity contribution in [3.8, 4) is 0 Å². The average molecular weight is 287 g/mol. The van der Waals surface area contributed by atoms with E-state index in [0.717, 1.165) is 36.6 Å². The summed E-state index contributed by atoms with van der Waals surface area (Å²) in [5.74, 6) is 0. The van der Waals surface area contributed by atoms with Gasteiger partial charge in [-0.15, -0.1) is 0 Å². The normalized spacial score (nSPS) is 16.1. The molecule has 1 aliphatic rings. The molecule has 20 heavy (non-hydrogen) atoms. The van der Waals surface area contributed by atoms with Crippen molar-refractivity contribution >= 4 is 23.0 Å². The Labute approximate surface area is 125 Å². The van der Waals surface area contributed by atoms with Gasteiger partial charge in [0.15, 0.2) is 0 Å². The number of hydrogen-bond donors (Lipinski definition) is 1. The lowest BCUT2D eigenvalue weighted by Gasteiger charge is -2.34. The second-order valence-corrected chi connectivity index (χ2v) is 5.63. The zero-order valence-electron chi connectivity index (χ0n) is 11.4. The quantitative estimate of drug-likeness (QED) is 0.898. The predicted octanol–water partition coefficient (Wildman–Crippen LogP) is 4.42. The Morgan fingerprint density at radius 3 is 2.25 bits per heavy atom. The van der Waals surface area contributed by atoms with E-state index < -0.39 is 0 Å². The van der Waals surface area contributed by atoms with E-state index in [4.69, 9.17) is 11.6 Å². The van der Waals surface area contributed by atoms with Crippen LogP contribution in [0.15, 0.2) is 54.6 Å². The molecule has 3 rings (SSSR count). The molecule has 0 spiro atoms. The van der Waals surface area contributed by atoms with E-state index in [1.54, 1.807) is 0 Å². The first-order chi connectivity index (χ1) is 9.83. The van der Waals surface area contributed by atoms with Crippen molar-refractivity contribution in [2.45, 2.75) is 18.9 Å². The van der Waals surface area contributed by atoms with Crippen LogP contribution in [0.4, 0.5) is 11.4 Å². The van der Waals surface area contributed by atoms with Gasteiger partial charge in [-0.05, 0) is 37.1 Å². The standard InChI is InChI=1S/C17H19ClN2/c18-16-8-4-5-9-17(16)19-14-10-12-20(13-11-14)15-6-2-1-3-7-15/h1-9,14,19H,10-13H2. The van der Waals surface area contributed by atoms with Gasteiger partial charge in [0.05, 0.1) is 10.7 Å². The number of nitrogens with one attached hydrogen (secondary N) is 1. The maximum atomic E-state index is 6.20. The fourth-order valence-electron chi connectivity index (χ4n) is 2.72. The number of hydrogen-bond acceptors (Lipinski definition) is 2. The summed E-state index contributed by atoms with van der Waals surface area (Å²) in [6, 6.07) is 19.1. The number of halogens is 1. The minimum Gasteiger partial charge on any atom is -0.381 e. The molecule has 2 nitrogen and oxygen atoms in total. The van der Waals surface area contributed by atoms with Crippen molar-refractivity contribution < 1.29 is 0 Å². The van der Waals surface area contributed by atoms with Crippen LogP contribution in [-0.4, -0.2) is 19.1 Å². The van der Waals surface area contributed by atoms with Crippen LogP contribution in [0.1, 0.15) is 12.8 Å². The van der Waals surface area contributed by atoms with E-state index in [1.807, 2.05) is 24.3 Å². The number of anilines is 2. The maximum Gasteiger partial charge on any atom is 0.0637 e. The van der Waals surface area contributed by atoms with Crippen LogP contribution in [0.2, 0.25) is 5.02 Å². The average Bonchev–Trinajstić information content (AvgIpc) is 2.51. The second kappa shape index (κ2) is 6.19. The number of rotatable bonds is 3. The molecule has 1 fully saturated rings. The summed E-state index contributed by atoms with van der Waals surface area (Å²) in [7, 11) is 0. The molecule has 2 aromatic rings. The van der Waals surface area contributed by atoms with Crippen LogP contribution in [-0.2, 0) is 0 Å². The molecule has 1 N–H and O–H groups in total. The molecule has 1 heterocycles. The molecule has 104 valence electrons. The Morgan fingerprint density at radius 2 is 1.55 bits per heavy atom. The van der Waals surface area contributed by atoms with Crippen LogP contribution >= 0.6 is 11.6 Å². The molecule has 0 unspecified atom stereocenters. The Balaban J connectivity index is 1.58. The first kappa shape index (κ1) is 13.3. The molecule has 0 saturated carbocycles. The molecular formula is C17H19ClN2. The van der Waals surface area contributed by atoms with Crippen molar-refractivity contribution in [3.05, 3.63) is 59.6 Å². The molecule has 0 bridgehead atoms. The van der Waals surface area contributed by atoms with Gasteiger partial charge in [-0.2, -0.15) is 0 Å². The zero-order chi connectivity index (χ0) is 13.8. The van der Waals surface area contributed by atoms with E-state index in [0.29, 0.717) is 6.04 Å². The Hall–Kier alpha value is -1.67. The van der Waals surface area contributed by atoms with Crippen molar-refractivity contribution in [1.82, 2.24) is 0 Å². The molecule has 0 aliphatic carbocycles. The summed E-state index contributed by atoms with van der Waals surface area (Å²) >= 11 is 6.20. The monoisotopic (exact) mass is 286 g/mol. The molecule has 3 heteroatoms. The number of piperidine rings is 1. The third-order valence-electron chi connectivity index (χ3n) is 3.85. The Morgan fingerprint density at radius 1 is 0.900 bits per heavy atom. The lowest BCUT2D eigenvalue weighted by Crippen LogP contribution is -2.39. The molecular weight excluding hydrogens is 268 g/mol. The van der Waals surface area contributed by atoms with Crippen molar-refractivity contribution in [2.24, 2.45) is 0 Å². The molecule has 1 aliphatic heterocycles. The highest BCUT2D eigenvalue weighted by molar-refractivity contribution is 6.33. The lowest BCUT2D eigenvalue weighted by molar-refractivity contribution is 0.527. The number of nitrogens with zero attached hydrogens (tertiary/aromatic N) is 1. The highest BCUT2D eigenvalue weighted by Gasteiger charge is 2.19. The van der Waals surface area contributed by atoms with Crippen LogP contribution < -0.4 is 10.2 Å². The molecule has 2 aromatic carbocycles. The van der Waals surface area contributed by atoms with Crippen molar-refractivity contribution in [1.29, 1.82) is 0 Å². The predicted molar refractivity (Wildman–Crippen MR) is 86.8 cm³/mol. The summed E-state index contributed by atoms with van der Waals surface area (Å²) in [6.45, 7) is 2.18. The van der Waals surface area contributed by atoms with Gasteiger partial charge in [0, 0.05) is 24.8 Å². The van der Waals surface area contributed by atoms with Gasteiger partial charge in [-0.1, -0.05) is 41.9 Å². The van der Waals surface area contributed by atoms with E-state index in [-0.39, 0.29) is 0 Å². The van der Waals surface area contributed by atoms with Gasteiger partial charge in [0.2, 0.25) is 0 Å². The minimum atomic E-state index is 0.509. The number of para-hydroxylation sites is 2. The van der Waals surface area contributed by atoms with Crippen LogP contribution in [0.5, 0.6) is 0 Å². The van der Waals surface area contributed by atoms with Gasteiger partial charge in [0.1, 0.15) is 0 Å². The SMILES string of the molecule is Clc1ccccc1NC1CCN(c2ccccc2)CC1. The highest BCUT2D eigenvalue weighted by atomic mass is 35.5. The van der Waals surface area contributed by atoms with Gasteiger partial charge < -0.3 is 10.2 Å². The zero-order valence-corrected chi connectivity index (χ0v) is 12.2. The van der Waals surface area contributed by atoms with Crippen molar-refractivity contribution in [3.63, 3.8) is 0 Å². The van der Waals surface area contributed by atoms with Crippen LogP contribution in [0.25, 0.3) is 0 Å². The van der Waals surface area contributed by atoms with E-state index in [2.05, 4.69) is 40.5 Å². The molecule has 1 saturated heterocycles. The smallest absolute Gasteiger partial charge is 0.0637 e. The second-order valence-electron chi connectivity index (χ2n) is 5.22. The van der Waals surface area contributed by atoms with E-state index >= 15 is 0 Å². The van der Waals surface area contributed by atoms with Crippen LogP contribution in [0, 0.1) is 0 Å². The first-order valence-corrected chi connectivity index (χ1v) is 7.52. The van der Waals surface area contributed by atoms with Gasteiger partial charge in [0.25, 0.3) is 0 Å². The first-order valence-electron chi connectivity index (χ1n) is 7.14. The summed E-state index contributed by atoms with van der Waals surface area (Å²) in [6.07, 6.45) is 2.28. The fraction of sp³-hybridized carbons (Fsp3) is 0.294. The topological polar surface area (TPSA) is 15.3 Å². The number of benzene rings is 2. The van der Waals surface area contributed by atoms with E-state index in [9.17, 15) is 0 Å². The third-order valence-corrected chi connectivity index (χ3v) is 4.18. The van der Waals surface area contributed by atoms with E-state index in [1.165, 1.54) is 5.69 Å². The van der Waals surface area contributed by atoms with Gasteiger partial charge in [-0.25, -0.2) is 0 Å². The van der Waals surface area contributed by atoms with Crippen molar-refractivity contribution in [2.75, 3.05) is 23.3 Å². The highest BCUT2D eigenvalue weighted by Crippen LogP contribution is 2.25. The Bertz CT molecular complexity index is 548. The molecule has 0 aromatic heterocycles. The maximum absolute atomic E-state index is 6.20. The largest absolute Gasteiger partial charge is 0.381 e. The summed E-state index contributed by atoms with van der Waals surface area (Å²) in [5, 5.41) is 4.37. The third kappa shape index (κ3) is 3.07. The lowest BCUT2D eigenvalue weighted by atomic mass is 10.0. The molecule has 0 amide bonds. The summed E-state index contributed by atoms with van der Waals surface area (Å²) in [4.78, 5) is 2.45. The summed E-state index contributed by atoms with van der Waals surface area (Å²) < 4.78 is 0. The van der Waals surface area contributed by atoms with Crippen LogP contribution in [0.3, 0.4) is 0 Å².